The van der Waals surface area contributed by atoms with E-state index < -0.39 is 11.6 Å². The fraction of sp³-hybridized carbons (Fsp3) is 0.611. The number of halogens is 2. The van der Waals surface area contributed by atoms with Crippen LogP contribution < -0.4 is 10.6 Å². The molecule has 126 valence electrons. The maximum absolute atomic E-state index is 13.5. The van der Waals surface area contributed by atoms with Crippen LogP contribution in [-0.4, -0.2) is 25.0 Å². The smallest absolute Gasteiger partial charge is 0.223 e. The number of hydrogen-bond donors (Lipinski definition) is 2. The van der Waals surface area contributed by atoms with Crippen LogP contribution in [0.15, 0.2) is 18.2 Å². The first-order valence-electron chi connectivity index (χ1n) is 8.40. The summed E-state index contributed by atoms with van der Waals surface area (Å²) in [6, 6.07) is 3.97. The fourth-order valence-corrected chi connectivity index (χ4v) is 3.64. The molecule has 0 aromatic heterocycles. The molecule has 1 saturated carbocycles. The molecule has 1 aliphatic heterocycles. The number of piperidine rings is 1. The van der Waals surface area contributed by atoms with Gasteiger partial charge in [0.1, 0.15) is 0 Å². The Labute approximate surface area is 135 Å². The highest BCUT2D eigenvalue weighted by atomic mass is 19.2. The summed E-state index contributed by atoms with van der Waals surface area (Å²) in [5.41, 5.74) is 0.883. The van der Waals surface area contributed by atoms with Crippen LogP contribution >= 0.6 is 0 Å². The average Bonchev–Trinajstić information content (AvgIpc) is 3.24. The SMILES string of the molecule is CCC1(C)CC1C(=O)NC1CNCCC1c1ccc(F)c(F)c1. The van der Waals surface area contributed by atoms with Crippen LogP contribution in [0.5, 0.6) is 0 Å². The number of rotatable bonds is 4. The standard InChI is InChI=1S/C18H24F2N2O/c1-3-18(2)9-13(18)17(23)22-16-10-21-7-6-12(16)11-4-5-14(19)15(20)8-11/h4-5,8,12-13,16,21H,3,6-7,9-10H2,1-2H3,(H,22,23). The molecule has 3 nitrogen and oxygen atoms in total. The van der Waals surface area contributed by atoms with Crippen molar-refractivity contribution in [3.8, 4) is 0 Å². The number of nitrogens with one attached hydrogen (secondary N) is 2. The van der Waals surface area contributed by atoms with Crippen LogP contribution in [0.3, 0.4) is 0 Å². The van der Waals surface area contributed by atoms with Crippen molar-refractivity contribution >= 4 is 5.91 Å². The summed E-state index contributed by atoms with van der Waals surface area (Å²) < 4.78 is 26.7. The van der Waals surface area contributed by atoms with Gasteiger partial charge in [0.05, 0.1) is 0 Å². The Morgan fingerprint density at radius 1 is 1.39 bits per heavy atom. The summed E-state index contributed by atoms with van der Waals surface area (Å²) in [5.74, 6) is -1.47. The van der Waals surface area contributed by atoms with Crippen LogP contribution in [0.4, 0.5) is 8.78 Å². The second-order valence-corrected chi connectivity index (χ2v) is 7.15. The van der Waals surface area contributed by atoms with Crippen LogP contribution in [0, 0.1) is 23.0 Å². The van der Waals surface area contributed by atoms with Crippen molar-refractivity contribution in [3.63, 3.8) is 0 Å². The molecule has 4 atom stereocenters. The van der Waals surface area contributed by atoms with E-state index in [1.807, 2.05) is 0 Å². The van der Waals surface area contributed by atoms with Gasteiger partial charge in [0.25, 0.3) is 0 Å². The molecule has 3 rings (SSSR count). The lowest BCUT2D eigenvalue weighted by Gasteiger charge is -2.33. The summed E-state index contributed by atoms with van der Waals surface area (Å²) in [5, 5.41) is 6.41. The zero-order chi connectivity index (χ0) is 16.6. The molecular weight excluding hydrogens is 298 g/mol. The van der Waals surface area contributed by atoms with E-state index in [0.717, 1.165) is 31.4 Å². The van der Waals surface area contributed by atoms with Crippen LogP contribution in [0.25, 0.3) is 0 Å². The third-order valence-electron chi connectivity index (χ3n) is 5.66. The minimum absolute atomic E-state index is 0.0157. The predicted molar refractivity (Wildman–Crippen MR) is 85.0 cm³/mol. The molecule has 1 heterocycles. The maximum Gasteiger partial charge on any atom is 0.223 e. The van der Waals surface area contributed by atoms with Crippen LogP contribution in [-0.2, 0) is 4.79 Å². The van der Waals surface area contributed by atoms with Crippen molar-refractivity contribution < 1.29 is 13.6 Å². The molecule has 1 aromatic rings. The predicted octanol–water partition coefficient (Wildman–Crippen LogP) is 2.96. The number of hydrogen-bond acceptors (Lipinski definition) is 2. The molecule has 4 unspecified atom stereocenters. The monoisotopic (exact) mass is 322 g/mol. The van der Waals surface area contributed by atoms with Gasteiger partial charge in [0, 0.05) is 24.4 Å². The van der Waals surface area contributed by atoms with Gasteiger partial charge in [-0.2, -0.15) is 0 Å². The minimum atomic E-state index is -0.833. The van der Waals surface area contributed by atoms with Crippen LogP contribution in [0.1, 0.15) is 44.6 Å². The number of carbonyl (C=O) groups excluding carboxylic acids is 1. The Kier molecular flexibility index (Phi) is 4.41. The van der Waals surface area contributed by atoms with E-state index in [1.54, 1.807) is 6.07 Å². The highest BCUT2D eigenvalue weighted by Gasteiger charge is 2.53. The van der Waals surface area contributed by atoms with Crippen LogP contribution in [0.2, 0.25) is 0 Å². The zero-order valence-corrected chi connectivity index (χ0v) is 13.7. The molecule has 2 aliphatic rings. The van der Waals surface area contributed by atoms with Crippen molar-refractivity contribution in [2.45, 2.75) is 45.1 Å². The largest absolute Gasteiger partial charge is 0.351 e. The molecular formula is C18H24F2N2O. The first-order chi connectivity index (χ1) is 10.9. The van der Waals surface area contributed by atoms with Crippen molar-refractivity contribution in [2.75, 3.05) is 13.1 Å². The van der Waals surface area contributed by atoms with E-state index in [0.29, 0.717) is 6.54 Å². The lowest BCUT2D eigenvalue weighted by atomic mass is 9.85. The van der Waals surface area contributed by atoms with Crippen molar-refractivity contribution in [3.05, 3.63) is 35.4 Å². The third kappa shape index (κ3) is 3.25. The first kappa shape index (κ1) is 16.4. The van der Waals surface area contributed by atoms with Gasteiger partial charge in [0.2, 0.25) is 5.91 Å². The Hall–Kier alpha value is -1.49. The zero-order valence-electron chi connectivity index (χ0n) is 13.7. The molecule has 5 heteroatoms. The molecule has 0 spiro atoms. The van der Waals surface area contributed by atoms with Gasteiger partial charge in [-0.3, -0.25) is 4.79 Å². The topological polar surface area (TPSA) is 41.1 Å². The lowest BCUT2D eigenvalue weighted by molar-refractivity contribution is -0.124. The molecule has 23 heavy (non-hydrogen) atoms. The second kappa shape index (κ2) is 6.19. The highest BCUT2D eigenvalue weighted by Crippen LogP contribution is 2.54. The van der Waals surface area contributed by atoms with Gasteiger partial charge >= 0.3 is 0 Å². The third-order valence-corrected chi connectivity index (χ3v) is 5.66. The minimum Gasteiger partial charge on any atom is -0.351 e. The van der Waals surface area contributed by atoms with Crippen molar-refractivity contribution in [1.29, 1.82) is 0 Å². The van der Waals surface area contributed by atoms with E-state index in [2.05, 4.69) is 24.5 Å². The molecule has 2 fully saturated rings. The summed E-state index contributed by atoms with van der Waals surface area (Å²) in [6.07, 6.45) is 2.73. The first-order valence-corrected chi connectivity index (χ1v) is 8.40. The Morgan fingerprint density at radius 3 is 2.83 bits per heavy atom. The number of carbonyl (C=O) groups is 1. The number of benzene rings is 1. The second-order valence-electron chi connectivity index (χ2n) is 7.15. The normalized spacial score (nSPS) is 33.3. The van der Waals surface area contributed by atoms with E-state index in [4.69, 9.17) is 0 Å². The Bertz CT molecular complexity index is 607. The summed E-state index contributed by atoms with van der Waals surface area (Å²) in [6.45, 7) is 5.72. The van der Waals surface area contributed by atoms with Gasteiger partial charge < -0.3 is 10.6 Å². The van der Waals surface area contributed by atoms with E-state index in [1.165, 1.54) is 12.1 Å². The maximum atomic E-state index is 13.5. The summed E-state index contributed by atoms with van der Waals surface area (Å²) >= 11 is 0. The number of amides is 1. The molecule has 0 radical (unpaired) electrons. The fourth-order valence-electron chi connectivity index (χ4n) is 3.64. The van der Waals surface area contributed by atoms with Crippen molar-refractivity contribution in [1.82, 2.24) is 10.6 Å². The molecule has 1 aromatic carbocycles. The average molecular weight is 322 g/mol. The Morgan fingerprint density at radius 2 is 2.17 bits per heavy atom. The summed E-state index contributed by atoms with van der Waals surface area (Å²) in [7, 11) is 0. The van der Waals surface area contributed by atoms with E-state index >= 15 is 0 Å². The van der Waals surface area contributed by atoms with E-state index in [-0.39, 0.29) is 29.2 Å². The van der Waals surface area contributed by atoms with Gasteiger partial charge in [-0.05, 0) is 48.9 Å². The Balaban J connectivity index is 1.71. The van der Waals surface area contributed by atoms with Gasteiger partial charge in [-0.15, -0.1) is 0 Å². The van der Waals surface area contributed by atoms with Gasteiger partial charge in [-0.1, -0.05) is 19.9 Å². The molecule has 1 aliphatic carbocycles. The molecule has 1 saturated heterocycles. The highest BCUT2D eigenvalue weighted by molar-refractivity contribution is 5.82. The summed E-state index contributed by atoms with van der Waals surface area (Å²) in [4.78, 5) is 12.5. The lowest BCUT2D eigenvalue weighted by Crippen LogP contribution is -2.50. The molecule has 0 bridgehead atoms. The molecule has 2 N–H and O–H groups in total. The quantitative estimate of drug-likeness (QED) is 0.895. The van der Waals surface area contributed by atoms with Gasteiger partial charge in [-0.25, -0.2) is 8.78 Å². The van der Waals surface area contributed by atoms with Crippen molar-refractivity contribution in [2.24, 2.45) is 11.3 Å². The molecule has 1 amide bonds. The van der Waals surface area contributed by atoms with Gasteiger partial charge in [0.15, 0.2) is 11.6 Å². The van der Waals surface area contributed by atoms with E-state index in [9.17, 15) is 13.6 Å².